The van der Waals surface area contributed by atoms with Crippen molar-refractivity contribution in [2.45, 2.75) is 25.8 Å². The number of carboxylic acid groups (broad SMARTS) is 1. The molecule has 2 rings (SSSR count). The van der Waals surface area contributed by atoms with Crippen LogP contribution in [0.3, 0.4) is 0 Å². The highest BCUT2D eigenvalue weighted by atomic mass is 16.5. The highest BCUT2D eigenvalue weighted by molar-refractivity contribution is 5.69. The first-order valence-corrected chi connectivity index (χ1v) is 8.21. The summed E-state index contributed by atoms with van der Waals surface area (Å²) in [4.78, 5) is 11.0. The highest BCUT2D eigenvalue weighted by Gasteiger charge is 2.19. The van der Waals surface area contributed by atoms with Crippen molar-refractivity contribution in [2.75, 3.05) is 13.7 Å². The molecule has 7 nitrogen and oxygen atoms in total. The normalized spacial score (nSPS) is 11.9. The second-order valence-electron chi connectivity index (χ2n) is 5.93. The topological polar surface area (TPSA) is 119 Å². The molecule has 140 valence electrons. The first-order valence-electron chi connectivity index (χ1n) is 8.21. The summed E-state index contributed by atoms with van der Waals surface area (Å²) in [7, 11) is 1.45. The van der Waals surface area contributed by atoms with Crippen LogP contribution in [0.15, 0.2) is 30.3 Å². The number of phenols is 3. The van der Waals surface area contributed by atoms with E-state index in [-0.39, 0.29) is 23.8 Å². The number of carbonyl (C=O) groups is 1. The molecule has 0 bridgehead atoms. The molecular formula is C19H23NO6. The van der Waals surface area contributed by atoms with E-state index in [0.29, 0.717) is 24.2 Å². The van der Waals surface area contributed by atoms with Crippen LogP contribution in [0.1, 0.15) is 29.7 Å². The van der Waals surface area contributed by atoms with Crippen molar-refractivity contribution in [1.29, 1.82) is 0 Å². The molecular weight excluding hydrogens is 338 g/mol. The van der Waals surface area contributed by atoms with Crippen LogP contribution in [0.4, 0.5) is 0 Å². The largest absolute Gasteiger partial charge is 0.504 e. The Labute approximate surface area is 151 Å². The Balaban J connectivity index is 2.41. The lowest BCUT2D eigenvalue weighted by atomic mass is 9.92. The third-order valence-electron chi connectivity index (χ3n) is 4.18. The molecule has 0 heterocycles. The summed E-state index contributed by atoms with van der Waals surface area (Å²) >= 11 is 0. The highest BCUT2D eigenvalue weighted by Crippen LogP contribution is 2.34. The number of hydrogen-bond acceptors (Lipinski definition) is 6. The number of nitrogens with one attached hydrogen (secondary N) is 1. The number of benzene rings is 2. The summed E-state index contributed by atoms with van der Waals surface area (Å²) in [6.07, 6.45) is 1.01. The van der Waals surface area contributed by atoms with Crippen molar-refractivity contribution >= 4 is 5.97 Å². The van der Waals surface area contributed by atoms with Crippen LogP contribution in [-0.4, -0.2) is 40.0 Å². The van der Waals surface area contributed by atoms with Crippen molar-refractivity contribution in [1.82, 2.24) is 5.32 Å². The second-order valence-corrected chi connectivity index (χ2v) is 5.93. The smallest absolute Gasteiger partial charge is 0.317 e. The Morgan fingerprint density at radius 2 is 1.81 bits per heavy atom. The molecule has 0 saturated carbocycles. The first-order chi connectivity index (χ1) is 12.3. The molecule has 0 aliphatic carbocycles. The van der Waals surface area contributed by atoms with Gasteiger partial charge in [-0.3, -0.25) is 10.1 Å². The summed E-state index contributed by atoms with van der Waals surface area (Å²) in [5, 5.41) is 41.3. The maximum atomic E-state index is 11.0. The summed E-state index contributed by atoms with van der Waals surface area (Å²) in [6, 6.07) is 7.43. The fourth-order valence-electron chi connectivity index (χ4n) is 2.85. The van der Waals surface area contributed by atoms with Crippen LogP contribution >= 0.6 is 0 Å². The van der Waals surface area contributed by atoms with Gasteiger partial charge in [-0.25, -0.2) is 0 Å². The number of carboxylic acids is 1. The van der Waals surface area contributed by atoms with Crippen molar-refractivity contribution in [3.05, 3.63) is 47.0 Å². The average molecular weight is 361 g/mol. The summed E-state index contributed by atoms with van der Waals surface area (Å²) in [5.41, 5.74) is 2.32. The predicted octanol–water partition coefficient (Wildman–Crippen LogP) is 2.33. The molecule has 0 radical (unpaired) electrons. The maximum Gasteiger partial charge on any atom is 0.317 e. The van der Waals surface area contributed by atoms with E-state index in [4.69, 9.17) is 9.84 Å². The van der Waals surface area contributed by atoms with Gasteiger partial charge in [0.05, 0.1) is 13.7 Å². The zero-order valence-electron chi connectivity index (χ0n) is 14.7. The molecule has 26 heavy (non-hydrogen) atoms. The number of aromatic hydroxyl groups is 3. The van der Waals surface area contributed by atoms with Crippen molar-refractivity contribution in [3.8, 4) is 23.0 Å². The number of hydrogen-bond donors (Lipinski definition) is 5. The van der Waals surface area contributed by atoms with Gasteiger partial charge in [0.25, 0.3) is 0 Å². The molecule has 2 aromatic rings. The van der Waals surface area contributed by atoms with E-state index in [1.54, 1.807) is 12.1 Å². The monoisotopic (exact) mass is 361 g/mol. The minimum atomic E-state index is -1.00. The van der Waals surface area contributed by atoms with Gasteiger partial charge in [0.1, 0.15) is 0 Å². The van der Waals surface area contributed by atoms with Gasteiger partial charge in [0.15, 0.2) is 23.0 Å². The van der Waals surface area contributed by atoms with Crippen LogP contribution in [0.25, 0.3) is 0 Å². The summed E-state index contributed by atoms with van der Waals surface area (Å²) < 4.78 is 5.11. The average Bonchev–Trinajstić information content (AvgIpc) is 2.61. The number of aryl methyl sites for hydroxylation is 1. The molecule has 2 aromatic carbocycles. The van der Waals surface area contributed by atoms with Gasteiger partial charge in [-0.05, 0) is 53.8 Å². The molecule has 0 saturated heterocycles. The maximum absolute atomic E-state index is 11.0. The molecule has 1 unspecified atom stereocenters. The lowest BCUT2D eigenvalue weighted by molar-refractivity contribution is -0.136. The Morgan fingerprint density at radius 1 is 1.12 bits per heavy atom. The van der Waals surface area contributed by atoms with E-state index in [9.17, 15) is 20.1 Å². The Hall–Kier alpha value is -2.93. The number of aliphatic carboxylic acids is 1. The van der Waals surface area contributed by atoms with Crippen molar-refractivity contribution in [2.24, 2.45) is 0 Å². The van der Waals surface area contributed by atoms with Crippen LogP contribution in [0.5, 0.6) is 23.0 Å². The molecule has 0 spiro atoms. The minimum Gasteiger partial charge on any atom is -0.504 e. The molecule has 0 amide bonds. The molecule has 0 aromatic heterocycles. The van der Waals surface area contributed by atoms with Crippen molar-refractivity contribution in [3.63, 3.8) is 0 Å². The van der Waals surface area contributed by atoms with E-state index < -0.39 is 12.0 Å². The third-order valence-corrected chi connectivity index (χ3v) is 4.18. The van der Waals surface area contributed by atoms with E-state index >= 15 is 0 Å². The van der Waals surface area contributed by atoms with Crippen LogP contribution in [0, 0.1) is 0 Å². The molecule has 0 fully saturated rings. The molecule has 1 atom stereocenters. The lowest BCUT2D eigenvalue weighted by Gasteiger charge is -2.22. The van der Waals surface area contributed by atoms with Gasteiger partial charge >= 0.3 is 5.97 Å². The lowest BCUT2D eigenvalue weighted by Crippen LogP contribution is -2.29. The quantitative estimate of drug-likeness (QED) is 0.458. The number of methoxy groups -OCH3 is 1. The van der Waals surface area contributed by atoms with E-state index in [2.05, 4.69) is 5.32 Å². The third kappa shape index (κ3) is 4.58. The van der Waals surface area contributed by atoms with Gasteiger partial charge in [-0.1, -0.05) is 13.0 Å². The number of ether oxygens (including phenoxy) is 1. The van der Waals surface area contributed by atoms with Gasteiger partial charge in [0.2, 0.25) is 0 Å². The van der Waals surface area contributed by atoms with E-state index in [0.717, 1.165) is 11.1 Å². The van der Waals surface area contributed by atoms with Gasteiger partial charge in [0, 0.05) is 6.04 Å². The Morgan fingerprint density at radius 3 is 2.42 bits per heavy atom. The zero-order valence-corrected chi connectivity index (χ0v) is 14.7. The standard InChI is InChI=1S/C19H23NO6/c1-3-12-8-16(22)17(23)9-13(12)14(20-10-19(24)25)6-11-4-5-15(21)18(7-11)26-2/h4-5,7-9,14,20-23H,3,6,10H2,1-2H3,(H,24,25). The fraction of sp³-hybridized carbons (Fsp3) is 0.316. The summed E-state index contributed by atoms with van der Waals surface area (Å²) in [6.45, 7) is 1.65. The van der Waals surface area contributed by atoms with Crippen LogP contribution in [0.2, 0.25) is 0 Å². The molecule has 0 aliphatic heterocycles. The molecule has 5 N–H and O–H groups in total. The van der Waals surface area contributed by atoms with Crippen LogP contribution < -0.4 is 10.1 Å². The Bertz CT molecular complexity index is 790. The zero-order chi connectivity index (χ0) is 19.3. The van der Waals surface area contributed by atoms with E-state index in [1.807, 2.05) is 6.92 Å². The minimum absolute atomic E-state index is 0.0165. The van der Waals surface area contributed by atoms with Gasteiger partial charge in [-0.2, -0.15) is 0 Å². The SMILES string of the molecule is CCc1cc(O)c(O)cc1C(Cc1ccc(O)c(OC)c1)NCC(=O)O. The van der Waals surface area contributed by atoms with E-state index in [1.165, 1.54) is 25.3 Å². The molecule has 7 heteroatoms. The summed E-state index contributed by atoms with van der Waals surface area (Å²) in [5.74, 6) is -1.14. The fourth-order valence-corrected chi connectivity index (χ4v) is 2.85. The second kappa shape index (κ2) is 8.44. The number of rotatable bonds is 8. The van der Waals surface area contributed by atoms with Crippen LogP contribution in [-0.2, 0) is 17.6 Å². The number of phenolic OH excluding ortho intramolecular Hbond substituents is 3. The van der Waals surface area contributed by atoms with Crippen molar-refractivity contribution < 1.29 is 30.0 Å². The first kappa shape index (κ1) is 19.4. The van der Waals surface area contributed by atoms with Gasteiger partial charge < -0.3 is 25.2 Å². The predicted molar refractivity (Wildman–Crippen MR) is 95.9 cm³/mol. The van der Waals surface area contributed by atoms with Gasteiger partial charge in [-0.15, -0.1) is 0 Å². The molecule has 0 aliphatic rings. The Kier molecular flexibility index (Phi) is 6.30.